The maximum Gasteiger partial charge on any atom is 0.305 e. The zero-order valence-electron chi connectivity index (χ0n) is 40.5. The van der Waals surface area contributed by atoms with Gasteiger partial charge in [0.2, 0.25) is 5.91 Å². The highest BCUT2D eigenvalue weighted by Gasteiger charge is 2.20. The molecule has 0 fully saturated rings. The molecule has 0 rings (SSSR count). The van der Waals surface area contributed by atoms with Crippen molar-refractivity contribution in [3.05, 3.63) is 12.2 Å². The molecule has 3 N–H and O–H groups in total. The van der Waals surface area contributed by atoms with Gasteiger partial charge in [-0.1, -0.05) is 244 Å². The van der Waals surface area contributed by atoms with Gasteiger partial charge in [0.25, 0.3) is 0 Å². The summed E-state index contributed by atoms with van der Waals surface area (Å²) < 4.78 is 5.43. The van der Waals surface area contributed by atoms with E-state index in [1.54, 1.807) is 0 Å². The molecule has 0 heterocycles. The molecule has 6 nitrogen and oxygen atoms in total. The van der Waals surface area contributed by atoms with E-state index in [4.69, 9.17) is 4.74 Å². The van der Waals surface area contributed by atoms with Crippen LogP contribution in [0, 0.1) is 0 Å². The Kier molecular flexibility index (Phi) is 49.1. The quantitative estimate of drug-likeness (QED) is 0.0322. The summed E-state index contributed by atoms with van der Waals surface area (Å²) in [6, 6.07) is -0.561. The van der Waals surface area contributed by atoms with E-state index in [1.165, 1.54) is 186 Å². The topological polar surface area (TPSA) is 95.9 Å². The average Bonchev–Trinajstić information content (AvgIpc) is 3.25. The molecule has 0 saturated carbocycles. The zero-order valence-corrected chi connectivity index (χ0v) is 40.5. The maximum atomic E-state index is 12.5. The normalized spacial score (nSPS) is 12.7. The van der Waals surface area contributed by atoms with Crippen LogP contribution in [0.2, 0.25) is 0 Å². The van der Waals surface area contributed by atoms with Crippen molar-refractivity contribution in [3.8, 4) is 0 Å². The fourth-order valence-corrected chi connectivity index (χ4v) is 8.40. The van der Waals surface area contributed by atoms with Crippen LogP contribution in [0.3, 0.4) is 0 Å². The minimum atomic E-state index is -0.681. The Morgan fingerprint density at radius 1 is 0.450 bits per heavy atom. The third kappa shape index (κ3) is 46.1. The number of hydrogen-bond acceptors (Lipinski definition) is 5. The van der Waals surface area contributed by atoms with Crippen molar-refractivity contribution in [3.63, 3.8) is 0 Å². The number of hydrogen-bond donors (Lipinski definition) is 3. The molecule has 0 spiro atoms. The van der Waals surface area contributed by atoms with Crippen LogP contribution in [-0.2, 0) is 14.3 Å². The van der Waals surface area contributed by atoms with Gasteiger partial charge < -0.3 is 20.3 Å². The second kappa shape index (κ2) is 50.2. The predicted octanol–water partition coefficient (Wildman–Crippen LogP) is 16.1. The van der Waals surface area contributed by atoms with Crippen LogP contribution in [0.25, 0.3) is 0 Å². The molecule has 0 bridgehead atoms. The Labute approximate surface area is 374 Å². The third-order valence-electron chi connectivity index (χ3n) is 12.6. The predicted molar refractivity (Wildman–Crippen MR) is 260 cm³/mol. The van der Waals surface area contributed by atoms with Gasteiger partial charge in [0, 0.05) is 12.8 Å². The number of carbonyl (C=O) groups is 2. The van der Waals surface area contributed by atoms with Gasteiger partial charge in [0.05, 0.1) is 25.4 Å². The lowest BCUT2D eigenvalue weighted by molar-refractivity contribution is -0.143. The fraction of sp³-hybridized carbons (Fsp3) is 0.926. The molecule has 0 aromatic carbocycles. The number of allylic oxidation sites excluding steroid dienone is 2. The second-order valence-corrected chi connectivity index (χ2v) is 18.6. The number of ether oxygens (including phenoxy) is 1. The van der Waals surface area contributed by atoms with Crippen molar-refractivity contribution < 1.29 is 24.5 Å². The molecular formula is C54H105NO5. The summed E-state index contributed by atoms with van der Waals surface area (Å²) in [6.07, 6.45) is 57.6. The highest BCUT2D eigenvalue weighted by Crippen LogP contribution is 2.17. The highest BCUT2D eigenvalue weighted by molar-refractivity contribution is 5.76. The van der Waals surface area contributed by atoms with Gasteiger partial charge in [-0.2, -0.15) is 0 Å². The van der Waals surface area contributed by atoms with E-state index in [1.807, 2.05) is 0 Å². The van der Waals surface area contributed by atoms with E-state index >= 15 is 0 Å². The van der Waals surface area contributed by atoms with Gasteiger partial charge in [-0.15, -0.1) is 0 Å². The van der Waals surface area contributed by atoms with Crippen LogP contribution in [0.15, 0.2) is 12.2 Å². The molecule has 0 aliphatic rings. The van der Waals surface area contributed by atoms with Crippen molar-refractivity contribution in [1.82, 2.24) is 5.32 Å². The molecule has 0 saturated heterocycles. The molecule has 1 amide bonds. The highest BCUT2D eigenvalue weighted by atomic mass is 16.5. The summed E-state index contributed by atoms with van der Waals surface area (Å²) in [5.74, 6) is -0.0903. The van der Waals surface area contributed by atoms with Gasteiger partial charge in [0.15, 0.2) is 0 Å². The van der Waals surface area contributed by atoms with Crippen molar-refractivity contribution in [1.29, 1.82) is 0 Å². The summed E-state index contributed by atoms with van der Waals surface area (Å²) in [6.45, 7) is 4.89. The monoisotopic (exact) mass is 848 g/mol. The Hall–Kier alpha value is -1.40. The van der Waals surface area contributed by atoms with Gasteiger partial charge in [-0.25, -0.2) is 0 Å². The number of rotatable bonds is 50. The SMILES string of the molecule is CCCCCCCCCCCCCCCCCCCCCC(O)C(CO)NC(=O)CCCCCCC/C=C\CCCCOC(=O)CCCCCCCCCCCCCCC. The number of nitrogens with one attached hydrogen (secondary N) is 1. The fourth-order valence-electron chi connectivity index (χ4n) is 8.40. The van der Waals surface area contributed by atoms with E-state index in [2.05, 4.69) is 31.3 Å². The molecule has 0 aliphatic carbocycles. The van der Waals surface area contributed by atoms with Crippen LogP contribution in [0.5, 0.6) is 0 Å². The van der Waals surface area contributed by atoms with Crippen LogP contribution >= 0.6 is 0 Å². The number of unbranched alkanes of at least 4 members (excludes halogenated alkanes) is 37. The first-order valence-corrected chi connectivity index (χ1v) is 26.9. The molecule has 60 heavy (non-hydrogen) atoms. The van der Waals surface area contributed by atoms with Gasteiger partial charge in [-0.3, -0.25) is 9.59 Å². The molecule has 0 aliphatic heterocycles. The largest absolute Gasteiger partial charge is 0.466 e. The van der Waals surface area contributed by atoms with E-state index in [0.29, 0.717) is 25.9 Å². The van der Waals surface area contributed by atoms with Crippen molar-refractivity contribution >= 4 is 11.9 Å². The van der Waals surface area contributed by atoms with Crippen molar-refractivity contribution in [2.75, 3.05) is 13.2 Å². The summed E-state index contributed by atoms with van der Waals surface area (Å²) in [5.41, 5.74) is 0. The number of amides is 1. The van der Waals surface area contributed by atoms with Gasteiger partial charge >= 0.3 is 5.97 Å². The minimum Gasteiger partial charge on any atom is -0.466 e. The zero-order chi connectivity index (χ0) is 43.7. The van der Waals surface area contributed by atoms with Crippen LogP contribution < -0.4 is 5.32 Å². The lowest BCUT2D eigenvalue weighted by Gasteiger charge is -2.22. The molecule has 0 radical (unpaired) electrons. The standard InChI is InChI=1S/C54H105NO5/c1-3-5-7-9-11-13-15-17-18-19-20-21-22-24-26-30-34-38-42-46-52(57)51(50-56)55-53(58)47-43-39-35-31-27-25-29-33-37-41-45-49-60-54(59)48-44-40-36-32-28-23-16-14-12-10-8-6-4-2/h29,33,51-52,56-57H,3-28,30-32,34-50H2,1-2H3,(H,55,58)/b33-29-. The Morgan fingerprint density at radius 3 is 1.18 bits per heavy atom. The first-order valence-electron chi connectivity index (χ1n) is 26.9. The molecule has 6 heteroatoms. The van der Waals surface area contributed by atoms with E-state index in [9.17, 15) is 19.8 Å². The smallest absolute Gasteiger partial charge is 0.305 e. The Bertz CT molecular complexity index is 893. The number of esters is 1. The van der Waals surface area contributed by atoms with E-state index in [0.717, 1.165) is 77.0 Å². The van der Waals surface area contributed by atoms with E-state index < -0.39 is 12.1 Å². The average molecular weight is 848 g/mol. The Morgan fingerprint density at radius 2 is 0.783 bits per heavy atom. The minimum absolute atomic E-state index is 0.0290. The summed E-state index contributed by atoms with van der Waals surface area (Å²) in [7, 11) is 0. The summed E-state index contributed by atoms with van der Waals surface area (Å²) in [4.78, 5) is 24.5. The third-order valence-corrected chi connectivity index (χ3v) is 12.6. The van der Waals surface area contributed by atoms with E-state index in [-0.39, 0.29) is 18.5 Å². The number of aliphatic hydroxyl groups excluding tert-OH is 2. The summed E-state index contributed by atoms with van der Waals surface area (Å²) >= 11 is 0. The van der Waals surface area contributed by atoms with Crippen molar-refractivity contribution in [2.45, 2.75) is 309 Å². The first kappa shape index (κ1) is 58.6. The summed E-state index contributed by atoms with van der Waals surface area (Å²) in [5, 5.41) is 23.3. The molecule has 356 valence electrons. The lowest BCUT2D eigenvalue weighted by Crippen LogP contribution is -2.45. The van der Waals surface area contributed by atoms with Crippen molar-refractivity contribution in [2.24, 2.45) is 0 Å². The molecule has 2 atom stereocenters. The molecular weight excluding hydrogens is 743 g/mol. The van der Waals surface area contributed by atoms with Gasteiger partial charge in [-0.05, 0) is 51.4 Å². The Balaban J connectivity index is 3.50. The van der Waals surface area contributed by atoms with Gasteiger partial charge in [0.1, 0.15) is 0 Å². The maximum absolute atomic E-state index is 12.5. The molecule has 2 unspecified atom stereocenters. The second-order valence-electron chi connectivity index (χ2n) is 18.6. The van der Waals surface area contributed by atoms with Crippen LogP contribution in [0.4, 0.5) is 0 Å². The lowest BCUT2D eigenvalue weighted by atomic mass is 10.0. The number of aliphatic hydroxyl groups is 2. The molecule has 0 aromatic rings. The first-order chi connectivity index (χ1) is 29.5. The van der Waals surface area contributed by atoms with Crippen LogP contribution in [0.1, 0.15) is 296 Å². The molecule has 0 aromatic heterocycles. The number of carbonyl (C=O) groups excluding carboxylic acids is 2. The van der Waals surface area contributed by atoms with Crippen LogP contribution in [-0.4, -0.2) is 47.4 Å².